The van der Waals surface area contributed by atoms with E-state index in [1.165, 1.54) is 24.3 Å². The van der Waals surface area contributed by atoms with Crippen LogP contribution in [0, 0.1) is 11.6 Å². The number of aromatic nitrogens is 1. The van der Waals surface area contributed by atoms with Crippen molar-refractivity contribution < 1.29 is 23.1 Å². The highest BCUT2D eigenvalue weighted by molar-refractivity contribution is 7.98. The molecule has 1 aliphatic rings. The van der Waals surface area contributed by atoms with E-state index < -0.39 is 17.6 Å². The molecule has 0 bridgehead atoms. The zero-order chi connectivity index (χ0) is 32.8. The van der Waals surface area contributed by atoms with Crippen molar-refractivity contribution >= 4 is 41.0 Å². The van der Waals surface area contributed by atoms with Gasteiger partial charge in [0.05, 0.1) is 16.8 Å². The van der Waals surface area contributed by atoms with Gasteiger partial charge in [0.1, 0.15) is 28.9 Å². The van der Waals surface area contributed by atoms with Crippen molar-refractivity contribution in [1.29, 1.82) is 0 Å². The van der Waals surface area contributed by atoms with Crippen LogP contribution in [0.15, 0.2) is 65.0 Å². The molecular weight excluding hydrogens is 596 g/mol. The molecule has 11 heteroatoms. The lowest BCUT2D eigenvalue weighted by Gasteiger charge is -2.41. The third-order valence-corrected chi connectivity index (χ3v) is 8.42. The van der Waals surface area contributed by atoms with Crippen LogP contribution < -0.4 is 10.1 Å². The van der Waals surface area contributed by atoms with Gasteiger partial charge in [0.25, 0.3) is 0 Å². The number of amides is 1. The Balaban J connectivity index is 1.96. The molecule has 4 rings (SSSR count). The Kier molecular flexibility index (Phi) is 11.0. The Morgan fingerprint density at radius 2 is 1.93 bits per heavy atom. The lowest BCUT2D eigenvalue weighted by Crippen LogP contribution is -2.55. The molecule has 1 aliphatic heterocycles. The first kappa shape index (κ1) is 33.6. The van der Waals surface area contributed by atoms with Gasteiger partial charge in [0.2, 0.25) is 5.91 Å². The molecule has 1 amide bonds. The highest BCUT2D eigenvalue weighted by Crippen LogP contribution is 2.39. The second-order valence-electron chi connectivity index (χ2n) is 10.9. The Morgan fingerprint density at radius 3 is 2.56 bits per heavy atom. The van der Waals surface area contributed by atoms with Crippen LogP contribution in [-0.2, 0) is 9.59 Å². The third-order valence-electron chi connectivity index (χ3n) is 7.65. The lowest BCUT2D eigenvalue weighted by molar-refractivity contribution is -0.134. The van der Waals surface area contributed by atoms with Crippen LogP contribution in [0.4, 0.5) is 20.3 Å². The molecule has 0 spiro atoms. The quantitative estimate of drug-likeness (QED) is 0.0675. The zero-order valence-corrected chi connectivity index (χ0v) is 27.3. The predicted molar refractivity (Wildman–Crippen MR) is 177 cm³/mol. The van der Waals surface area contributed by atoms with Gasteiger partial charge in [-0.2, -0.15) is 0 Å². The fourth-order valence-electron chi connectivity index (χ4n) is 5.32. The molecule has 2 aromatic carbocycles. The SMILES string of the molecule is C=CC(=O)N1CCN(/C(=N/c2c(SC)cccc2C(C)C)c2cc(F)c(-c3c(F)cccc3OC(=O)CC)nc2NC)C(C)C1. The van der Waals surface area contributed by atoms with Crippen molar-refractivity contribution in [2.45, 2.75) is 51.0 Å². The van der Waals surface area contributed by atoms with E-state index in [0.717, 1.165) is 22.2 Å². The van der Waals surface area contributed by atoms with E-state index in [9.17, 15) is 9.59 Å². The summed E-state index contributed by atoms with van der Waals surface area (Å²) < 4.78 is 36.8. The average Bonchev–Trinajstić information content (AvgIpc) is 3.03. The average molecular weight is 636 g/mol. The Hall–Kier alpha value is -4.25. The van der Waals surface area contributed by atoms with Crippen LogP contribution in [-0.4, -0.2) is 71.5 Å². The third kappa shape index (κ3) is 7.19. The minimum atomic E-state index is -0.814. The lowest BCUT2D eigenvalue weighted by atomic mass is 10.0. The number of benzene rings is 2. The first-order valence-corrected chi connectivity index (χ1v) is 16.1. The molecule has 45 heavy (non-hydrogen) atoms. The van der Waals surface area contributed by atoms with Gasteiger partial charge in [0, 0.05) is 44.0 Å². The minimum Gasteiger partial charge on any atom is -0.426 e. The van der Waals surface area contributed by atoms with Crippen LogP contribution in [0.3, 0.4) is 0 Å². The first-order chi connectivity index (χ1) is 21.5. The number of anilines is 1. The normalized spacial score (nSPS) is 15.3. The summed E-state index contributed by atoms with van der Waals surface area (Å²) in [7, 11) is 1.64. The number of rotatable bonds is 9. The number of aliphatic imine (C=N–C) groups is 1. The Bertz CT molecular complexity index is 1630. The van der Waals surface area contributed by atoms with E-state index in [1.54, 1.807) is 30.6 Å². The summed E-state index contributed by atoms with van der Waals surface area (Å²) in [6.45, 7) is 12.6. The molecule has 238 valence electrons. The maximum absolute atomic E-state index is 16.2. The van der Waals surface area contributed by atoms with E-state index >= 15 is 8.78 Å². The second-order valence-corrected chi connectivity index (χ2v) is 11.8. The summed E-state index contributed by atoms with van der Waals surface area (Å²) >= 11 is 1.56. The molecule has 1 aromatic heterocycles. The molecule has 2 heterocycles. The summed E-state index contributed by atoms with van der Waals surface area (Å²) in [6, 6.07) is 11.1. The van der Waals surface area contributed by atoms with Crippen molar-refractivity contribution in [2.75, 3.05) is 38.3 Å². The van der Waals surface area contributed by atoms with Gasteiger partial charge < -0.3 is 19.9 Å². The summed E-state index contributed by atoms with van der Waals surface area (Å²) in [5.41, 5.74) is 1.60. The molecule has 0 saturated carbocycles. The van der Waals surface area contributed by atoms with Gasteiger partial charge in [-0.05, 0) is 55.0 Å². The number of nitrogens with zero attached hydrogens (tertiary/aromatic N) is 4. The van der Waals surface area contributed by atoms with Gasteiger partial charge >= 0.3 is 5.97 Å². The minimum absolute atomic E-state index is 0.0616. The number of carbonyl (C=O) groups is 2. The number of nitrogens with one attached hydrogen (secondary N) is 1. The van der Waals surface area contributed by atoms with Gasteiger partial charge in [-0.25, -0.2) is 18.8 Å². The number of ether oxygens (including phenoxy) is 1. The van der Waals surface area contributed by atoms with Crippen LogP contribution in [0.5, 0.6) is 5.75 Å². The van der Waals surface area contributed by atoms with Crippen LogP contribution in [0.2, 0.25) is 0 Å². The van der Waals surface area contributed by atoms with Crippen molar-refractivity contribution in [3.05, 3.63) is 77.9 Å². The monoisotopic (exact) mass is 635 g/mol. The van der Waals surface area contributed by atoms with E-state index in [0.29, 0.717) is 31.0 Å². The number of amidine groups is 1. The molecule has 1 atom stereocenters. The molecule has 8 nitrogen and oxygen atoms in total. The molecule has 1 fully saturated rings. The molecule has 3 aromatic rings. The molecular formula is C34H39F2N5O3S. The molecule has 1 unspecified atom stereocenters. The highest BCUT2D eigenvalue weighted by Gasteiger charge is 2.32. The van der Waals surface area contributed by atoms with Gasteiger partial charge in [-0.1, -0.05) is 45.5 Å². The first-order valence-electron chi connectivity index (χ1n) is 14.9. The van der Waals surface area contributed by atoms with Crippen molar-refractivity contribution in [3.8, 4) is 17.0 Å². The largest absolute Gasteiger partial charge is 0.426 e. The van der Waals surface area contributed by atoms with Crippen LogP contribution in [0.1, 0.15) is 51.2 Å². The number of pyridine rings is 1. The number of esters is 1. The Labute approximate surface area is 267 Å². The predicted octanol–water partition coefficient (Wildman–Crippen LogP) is 7.03. The highest BCUT2D eigenvalue weighted by atomic mass is 32.2. The van der Waals surface area contributed by atoms with Gasteiger partial charge in [-0.3, -0.25) is 9.59 Å². The van der Waals surface area contributed by atoms with Gasteiger partial charge in [0.15, 0.2) is 5.82 Å². The molecule has 0 radical (unpaired) electrons. The summed E-state index contributed by atoms with van der Waals surface area (Å²) in [5.74, 6) is -1.59. The second kappa shape index (κ2) is 14.7. The van der Waals surface area contributed by atoms with E-state index in [4.69, 9.17) is 9.73 Å². The van der Waals surface area contributed by atoms with E-state index in [2.05, 4.69) is 30.7 Å². The smallest absolute Gasteiger partial charge is 0.310 e. The molecule has 1 N–H and O–H groups in total. The van der Waals surface area contributed by atoms with E-state index in [1.807, 2.05) is 36.3 Å². The number of carbonyl (C=O) groups excluding carboxylic acids is 2. The topological polar surface area (TPSA) is 87.1 Å². The van der Waals surface area contributed by atoms with Gasteiger partial charge in [-0.15, -0.1) is 11.8 Å². The molecule has 0 aliphatic carbocycles. The summed E-state index contributed by atoms with van der Waals surface area (Å²) in [4.78, 5) is 39.0. The maximum Gasteiger partial charge on any atom is 0.310 e. The van der Waals surface area contributed by atoms with Crippen molar-refractivity contribution in [3.63, 3.8) is 0 Å². The van der Waals surface area contributed by atoms with Crippen molar-refractivity contribution in [1.82, 2.24) is 14.8 Å². The van der Waals surface area contributed by atoms with Crippen LogP contribution in [0.25, 0.3) is 11.3 Å². The number of para-hydroxylation sites is 1. The van der Waals surface area contributed by atoms with E-state index in [-0.39, 0.29) is 47.1 Å². The van der Waals surface area contributed by atoms with Crippen LogP contribution >= 0.6 is 11.8 Å². The number of halogens is 2. The zero-order valence-electron chi connectivity index (χ0n) is 26.5. The fourth-order valence-corrected chi connectivity index (χ4v) is 5.89. The summed E-state index contributed by atoms with van der Waals surface area (Å²) in [5, 5.41) is 3.05. The Morgan fingerprint density at radius 1 is 1.20 bits per heavy atom. The summed E-state index contributed by atoms with van der Waals surface area (Å²) in [6.07, 6.45) is 3.34. The maximum atomic E-state index is 16.2. The number of hydrogen-bond acceptors (Lipinski definition) is 7. The standard InChI is InChI=1S/C34H39F2N5O3S/c1-8-28(42)40-16-17-41(21(5)19-40)34(39-31-22(20(3)4)12-10-15-27(31)45-7)23-18-25(36)32(38-33(23)37-6)30-24(35)13-11-14-26(30)44-29(43)9-2/h8,10-15,18,20-21H,1,9,16-17,19H2,2-7H3,(H,37,38)/b39-34+. The number of piperazine rings is 1. The number of hydrogen-bond donors (Lipinski definition) is 1. The fraction of sp³-hybridized carbons (Fsp3) is 0.353. The van der Waals surface area contributed by atoms with Crippen molar-refractivity contribution in [2.24, 2.45) is 4.99 Å². The molecule has 1 saturated heterocycles. The number of thioether (sulfide) groups is 1.